The van der Waals surface area contributed by atoms with E-state index >= 15 is 0 Å². The van der Waals surface area contributed by atoms with Gasteiger partial charge in [-0.1, -0.05) is 44.9 Å². The van der Waals surface area contributed by atoms with E-state index in [-0.39, 0.29) is 24.4 Å². The van der Waals surface area contributed by atoms with Crippen LogP contribution < -0.4 is 5.32 Å². The van der Waals surface area contributed by atoms with Gasteiger partial charge in [-0.2, -0.15) is 0 Å². The number of carbonyl (C=O) groups excluding carboxylic acids is 2. The standard InChI is InChI=1S/C17H30N2O2/c1-14(20)19(16-11-7-2-3-8-12-16)13-17(21)18-15-9-5-4-6-10-15/h15-16H,2-13H2,1H3,(H,18,21). The van der Waals surface area contributed by atoms with Crippen molar-refractivity contribution < 1.29 is 9.59 Å². The second-order valence-corrected chi connectivity index (χ2v) is 6.69. The lowest BCUT2D eigenvalue weighted by molar-refractivity contribution is -0.137. The van der Waals surface area contributed by atoms with Crippen LogP contribution >= 0.6 is 0 Å². The molecule has 2 aliphatic rings. The summed E-state index contributed by atoms with van der Waals surface area (Å²) in [6.45, 7) is 1.84. The molecule has 0 unspecified atom stereocenters. The summed E-state index contributed by atoms with van der Waals surface area (Å²) >= 11 is 0. The topological polar surface area (TPSA) is 49.4 Å². The van der Waals surface area contributed by atoms with E-state index in [9.17, 15) is 9.59 Å². The third-order valence-corrected chi connectivity index (χ3v) is 4.95. The number of hydrogen-bond acceptors (Lipinski definition) is 2. The minimum Gasteiger partial charge on any atom is -0.352 e. The molecule has 0 aliphatic heterocycles. The van der Waals surface area contributed by atoms with E-state index in [1.165, 1.54) is 44.9 Å². The monoisotopic (exact) mass is 294 g/mol. The number of carbonyl (C=O) groups is 2. The van der Waals surface area contributed by atoms with Crippen molar-refractivity contribution in [3.63, 3.8) is 0 Å². The SMILES string of the molecule is CC(=O)N(CC(=O)NC1CCCCC1)C1CCCCCC1. The fourth-order valence-electron chi connectivity index (χ4n) is 3.74. The maximum atomic E-state index is 12.2. The predicted octanol–water partition coefficient (Wildman–Crippen LogP) is 3.01. The highest BCUT2D eigenvalue weighted by Crippen LogP contribution is 2.22. The number of amides is 2. The molecule has 2 fully saturated rings. The molecule has 21 heavy (non-hydrogen) atoms. The van der Waals surface area contributed by atoms with Gasteiger partial charge < -0.3 is 10.2 Å². The van der Waals surface area contributed by atoms with Gasteiger partial charge in [-0.05, 0) is 25.7 Å². The molecule has 0 spiro atoms. The molecular formula is C17H30N2O2. The minimum atomic E-state index is 0.0290. The van der Waals surface area contributed by atoms with Gasteiger partial charge in [-0.3, -0.25) is 9.59 Å². The molecule has 0 aromatic carbocycles. The Balaban J connectivity index is 1.85. The van der Waals surface area contributed by atoms with Crippen molar-refractivity contribution in [3.8, 4) is 0 Å². The minimum absolute atomic E-state index is 0.0290. The number of nitrogens with one attached hydrogen (secondary N) is 1. The summed E-state index contributed by atoms with van der Waals surface area (Å²) in [7, 11) is 0. The third kappa shape index (κ3) is 5.33. The smallest absolute Gasteiger partial charge is 0.239 e. The van der Waals surface area contributed by atoms with Crippen LogP contribution in [0.2, 0.25) is 0 Å². The van der Waals surface area contributed by atoms with Crippen molar-refractivity contribution in [1.29, 1.82) is 0 Å². The molecule has 2 saturated carbocycles. The first-order chi connectivity index (χ1) is 10.2. The van der Waals surface area contributed by atoms with Gasteiger partial charge in [0.15, 0.2) is 0 Å². The van der Waals surface area contributed by atoms with Gasteiger partial charge in [0.25, 0.3) is 0 Å². The zero-order chi connectivity index (χ0) is 15.1. The maximum Gasteiger partial charge on any atom is 0.239 e. The van der Waals surface area contributed by atoms with Crippen molar-refractivity contribution >= 4 is 11.8 Å². The molecule has 0 aromatic heterocycles. The summed E-state index contributed by atoms with van der Waals surface area (Å²) in [6, 6.07) is 0.594. The average Bonchev–Trinajstić information content (AvgIpc) is 2.74. The van der Waals surface area contributed by atoms with Crippen LogP contribution in [0.15, 0.2) is 0 Å². The lowest BCUT2D eigenvalue weighted by Gasteiger charge is -2.31. The third-order valence-electron chi connectivity index (χ3n) is 4.95. The summed E-state index contributed by atoms with van der Waals surface area (Å²) in [5.74, 6) is 0.0713. The molecule has 1 N–H and O–H groups in total. The van der Waals surface area contributed by atoms with E-state index in [1.807, 2.05) is 4.90 Å². The van der Waals surface area contributed by atoms with Crippen molar-refractivity contribution in [2.75, 3.05) is 6.54 Å². The van der Waals surface area contributed by atoms with Gasteiger partial charge in [-0.15, -0.1) is 0 Å². The number of nitrogens with zero attached hydrogens (tertiary/aromatic N) is 1. The van der Waals surface area contributed by atoms with Gasteiger partial charge >= 0.3 is 0 Å². The van der Waals surface area contributed by atoms with E-state index in [1.54, 1.807) is 6.92 Å². The summed E-state index contributed by atoms with van der Waals surface area (Å²) in [5.41, 5.74) is 0. The molecule has 0 bridgehead atoms. The molecule has 0 atom stereocenters. The molecule has 2 amide bonds. The molecule has 0 saturated heterocycles. The average molecular weight is 294 g/mol. The Labute approximate surface area is 128 Å². The van der Waals surface area contributed by atoms with Crippen LogP contribution in [0.25, 0.3) is 0 Å². The number of rotatable bonds is 4. The first kappa shape index (κ1) is 16.3. The fourth-order valence-corrected chi connectivity index (χ4v) is 3.74. The predicted molar refractivity (Wildman–Crippen MR) is 83.9 cm³/mol. The van der Waals surface area contributed by atoms with Crippen LogP contribution in [-0.2, 0) is 9.59 Å². The van der Waals surface area contributed by atoms with Crippen LogP contribution in [-0.4, -0.2) is 35.3 Å². The van der Waals surface area contributed by atoms with Crippen molar-refractivity contribution in [1.82, 2.24) is 10.2 Å². The van der Waals surface area contributed by atoms with Gasteiger partial charge in [-0.25, -0.2) is 0 Å². The van der Waals surface area contributed by atoms with Gasteiger partial charge in [0, 0.05) is 19.0 Å². The molecule has 0 aromatic rings. The van der Waals surface area contributed by atoms with E-state index in [0.29, 0.717) is 6.04 Å². The molecule has 0 heterocycles. The van der Waals surface area contributed by atoms with Crippen LogP contribution in [0.1, 0.15) is 77.6 Å². The highest BCUT2D eigenvalue weighted by atomic mass is 16.2. The Hall–Kier alpha value is -1.06. The molecule has 2 rings (SSSR count). The van der Waals surface area contributed by atoms with Crippen molar-refractivity contribution in [3.05, 3.63) is 0 Å². The second kappa shape index (κ2) is 8.40. The maximum absolute atomic E-state index is 12.2. The van der Waals surface area contributed by atoms with Crippen LogP contribution in [0.4, 0.5) is 0 Å². The summed E-state index contributed by atoms with van der Waals surface area (Å²) in [4.78, 5) is 26.0. The number of hydrogen-bond donors (Lipinski definition) is 1. The van der Waals surface area contributed by atoms with Gasteiger partial charge in [0.1, 0.15) is 0 Å². The molecule has 2 aliphatic carbocycles. The van der Waals surface area contributed by atoms with Crippen molar-refractivity contribution in [2.45, 2.75) is 89.6 Å². The van der Waals surface area contributed by atoms with Crippen molar-refractivity contribution in [2.24, 2.45) is 0 Å². The lowest BCUT2D eigenvalue weighted by atomic mass is 9.95. The zero-order valence-electron chi connectivity index (χ0n) is 13.4. The van der Waals surface area contributed by atoms with Gasteiger partial charge in [0.05, 0.1) is 6.54 Å². The molecule has 120 valence electrons. The summed E-state index contributed by atoms with van der Waals surface area (Å²) < 4.78 is 0. The molecule has 4 nitrogen and oxygen atoms in total. The largest absolute Gasteiger partial charge is 0.352 e. The Morgan fingerprint density at radius 1 is 0.905 bits per heavy atom. The zero-order valence-corrected chi connectivity index (χ0v) is 13.4. The Morgan fingerprint density at radius 3 is 2.00 bits per heavy atom. The molecular weight excluding hydrogens is 264 g/mol. The van der Waals surface area contributed by atoms with Gasteiger partial charge in [0.2, 0.25) is 11.8 Å². The Morgan fingerprint density at radius 2 is 1.43 bits per heavy atom. The first-order valence-corrected chi connectivity index (χ1v) is 8.73. The highest BCUT2D eigenvalue weighted by Gasteiger charge is 2.25. The fraction of sp³-hybridized carbons (Fsp3) is 0.882. The van der Waals surface area contributed by atoms with E-state index in [0.717, 1.165) is 25.7 Å². The van der Waals surface area contributed by atoms with Crippen LogP contribution in [0, 0.1) is 0 Å². The second-order valence-electron chi connectivity index (χ2n) is 6.69. The quantitative estimate of drug-likeness (QED) is 0.810. The lowest BCUT2D eigenvalue weighted by Crippen LogP contribution is -2.47. The molecule has 0 radical (unpaired) electrons. The normalized spacial score (nSPS) is 21.6. The Bertz CT molecular complexity index is 343. The van der Waals surface area contributed by atoms with E-state index < -0.39 is 0 Å². The summed E-state index contributed by atoms with van der Waals surface area (Å²) in [6.07, 6.45) is 12.9. The van der Waals surface area contributed by atoms with Crippen LogP contribution in [0.5, 0.6) is 0 Å². The summed E-state index contributed by atoms with van der Waals surface area (Å²) in [5, 5.41) is 3.13. The molecule has 4 heteroatoms. The van der Waals surface area contributed by atoms with E-state index in [2.05, 4.69) is 5.32 Å². The van der Waals surface area contributed by atoms with E-state index in [4.69, 9.17) is 0 Å². The highest BCUT2D eigenvalue weighted by molar-refractivity contribution is 5.84. The first-order valence-electron chi connectivity index (χ1n) is 8.73. The van der Waals surface area contributed by atoms with Crippen LogP contribution in [0.3, 0.4) is 0 Å². The Kier molecular flexibility index (Phi) is 6.52.